The third kappa shape index (κ3) is 6.71. The van der Waals surface area contributed by atoms with Gasteiger partial charge in [0.25, 0.3) is 0 Å². The lowest BCUT2D eigenvalue weighted by Gasteiger charge is -2.17. The van der Waals surface area contributed by atoms with E-state index in [1.165, 1.54) is 164 Å². The van der Waals surface area contributed by atoms with Gasteiger partial charge in [-0.25, -0.2) is 0 Å². The zero-order valence-corrected chi connectivity index (χ0v) is 41.6. The maximum atomic E-state index is 2.37. The summed E-state index contributed by atoms with van der Waals surface area (Å²) in [6.45, 7) is 0. The van der Waals surface area contributed by atoms with Gasteiger partial charge < -0.3 is 0 Å². The summed E-state index contributed by atoms with van der Waals surface area (Å²) in [7, 11) is 0. The molecule has 0 saturated carbocycles. The lowest BCUT2D eigenvalue weighted by molar-refractivity contribution is 1.58. The molecule has 0 heterocycles. The van der Waals surface area contributed by atoms with Gasteiger partial charge in [0.1, 0.15) is 0 Å². The lowest BCUT2D eigenvalue weighted by Crippen LogP contribution is -1.90. The normalized spacial score (nSPS) is 11.9. The second-order valence-electron chi connectivity index (χ2n) is 20.7. The number of benzene rings is 16. The molecule has 0 aliphatic heterocycles. The molecule has 0 nitrogen and oxygen atoms in total. The molecule has 0 aromatic heterocycles. The Kier molecular flexibility index (Phi) is 9.44. The molecule has 0 bridgehead atoms. The van der Waals surface area contributed by atoms with Gasteiger partial charge in [0, 0.05) is 0 Å². The number of hydrogen-bond donors (Lipinski definition) is 0. The summed E-state index contributed by atoms with van der Waals surface area (Å²) in [4.78, 5) is 0. The molecule has 16 aromatic rings. The Balaban J connectivity index is 0.725. The summed E-state index contributed by atoms with van der Waals surface area (Å²) in [5, 5.41) is 20.6. The molecule has 0 spiro atoms. The summed E-state index contributed by atoms with van der Waals surface area (Å²) in [6, 6.07) is 104. The minimum absolute atomic E-state index is 1.20. The van der Waals surface area contributed by atoms with E-state index in [1.54, 1.807) is 0 Å². The Morgan fingerprint density at radius 2 is 0.447 bits per heavy atom. The molecular formula is C76H46. The first-order valence-electron chi connectivity index (χ1n) is 26.5. The number of fused-ring (bicyclic) bond motifs is 2. The monoisotopic (exact) mass is 958 g/mol. The SMILES string of the molecule is c1cc(-c2ccc(-c3cccc(-c4ccc5ccc6c(-c7cccc8ccccc78)ccc7ccc4c5c76)c3)cc2)cc(-c2ccc3ccc4c(-c5cccc(-c6ccc7ccccc7c6)c5)ccc5ccc2c3c54)c1. The fourth-order valence-electron chi connectivity index (χ4n) is 12.9. The number of hydrogen-bond acceptors (Lipinski definition) is 0. The van der Waals surface area contributed by atoms with Gasteiger partial charge in [-0.15, -0.1) is 0 Å². The van der Waals surface area contributed by atoms with Crippen LogP contribution in [0.25, 0.3) is 164 Å². The molecule has 16 aromatic carbocycles. The van der Waals surface area contributed by atoms with E-state index in [-0.39, 0.29) is 0 Å². The summed E-state index contributed by atoms with van der Waals surface area (Å²) >= 11 is 0. The Morgan fingerprint density at radius 1 is 0.132 bits per heavy atom. The van der Waals surface area contributed by atoms with E-state index in [1.807, 2.05) is 0 Å². The highest BCUT2D eigenvalue weighted by Gasteiger charge is 2.19. The first kappa shape index (κ1) is 42.6. The zero-order chi connectivity index (χ0) is 49.8. The van der Waals surface area contributed by atoms with E-state index in [0.29, 0.717) is 0 Å². The van der Waals surface area contributed by atoms with Crippen molar-refractivity contribution < 1.29 is 0 Å². The molecule has 0 saturated heterocycles. The predicted octanol–water partition coefficient (Wildman–Crippen LogP) is 21.5. The van der Waals surface area contributed by atoms with Crippen LogP contribution in [0.5, 0.6) is 0 Å². The zero-order valence-electron chi connectivity index (χ0n) is 41.6. The highest BCUT2D eigenvalue weighted by atomic mass is 14.2. The lowest BCUT2D eigenvalue weighted by atomic mass is 9.86. The van der Waals surface area contributed by atoms with Crippen molar-refractivity contribution in [3.05, 3.63) is 279 Å². The van der Waals surface area contributed by atoms with E-state index in [9.17, 15) is 0 Å². The predicted molar refractivity (Wildman–Crippen MR) is 327 cm³/mol. The summed E-state index contributed by atoms with van der Waals surface area (Å²) in [6.07, 6.45) is 0. The molecule has 0 amide bonds. The van der Waals surface area contributed by atoms with Crippen molar-refractivity contribution in [2.24, 2.45) is 0 Å². The average Bonchev–Trinajstić information content (AvgIpc) is 3.52. The van der Waals surface area contributed by atoms with Gasteiger partial charge in [-0.3, -0.25) is 0 Å². The first-order chi connectivity index (χ1) is 37.6. The maximum absolute atomic E-state index is 2.37. The van der Waals surface area contributed by atoms with Gasteiger partial charge in [-0.05, 0) is 188 Å². The largest absolute Gasteiger partial charge is 0.0616 e. The van der Waals surface area contributed by atoms with Gasteiger partial charge in [-0.2, -0.15) is 0 Å². The minimum Gasteiger partial charge on any atom is -0.0616 e. The highest BCUT2D eigenvalue weighted by molar-refractivity contribution is 6.29. The minimum atomic E-state index is 1.20. The van der Waals surface area contributed by atoms with Crippen LogP contribution in [0.4, 0.5) is 0 Å². The highest BCUT2D eigenvalue weighted by Crippen LogP contribution is 2.46. The molecule has 16 rings (SSSR count). The van der Waals surface area contributed by atoms with Crippen molar-refractivity contribution in [3.63, 3.8) is 0 Å². The van der Waals surface area contributed by atoms with Gasteiger partial charge in [0.15, 0.2) is 0 Å². The average molecular weight is 959 g/mol. The Hall–Kier alpha value is -9.88. The van der Waals surface area contributed by atoms with Crippen LogP contribution < -0.4 is 0 Å². The molecular weight excluding hydrogens is 913 g/mol. The van der Waals surface area contributed by atoms with Crippen LogP contribution in [-0.4, -0.2) is 0 Å². The molecule has 0 radical (unpaired) electrons. The molecule has 0 heteroatoms. The smallest absolute Gasteiger partial charge is 0.00203 e. The van der Waals surface area contributed by atoms with Crippen LogP contribution in [-0.2, 0) is 0 Å². The van der Waals surface area contributed by atoms with E-state index < -0.39 is 0 Å². The third-order valence-electron chi connectivity index (χ3n) is 16.6. The first-order valence-corrected chi connectivity index (χ1v) is 26.5. The molecule has 0 aliphatic carbocycles. The van der Waals surface area contributed by atoms with Crippen molar-refractivity contribution in [1.29, 1.82) is 0 Å². The van der Waals surface area contributed by atoms with E-state index in [2.05, 4.69) is 279 Å². The molecule has 350 valence electrons. The van der Waals surface area contributed by atoms with Crippen molar-refractivity contribution in [2.75, 3.05) is 0 Å². The van der Waals surface area contributed by atoms with Gasteiger partial charge in [0.2, 0.25) is 0 Å². The maximum Gasteiger partial charge on any atom is -0.00203 e. The molecule has 76 heavy (non-hydrogen) atoms. The Labute approximate surface area is 440 Å². The second-order valence-corrected chi connectivity index (χ2v) is 20.7. The van der Waals surface area contributed by atoms with Crippen LogP contribution in [0.2, 0.25) is 0 Å². The quantitative estimate of drug-likeness (QED) is 0.140. The van der Waals surface area contributed by atoms with Crippen molar-refractivity contribution in [1.82, 2.24) is 0 Å². The van der Waals surface area contributed by atoms with Crippen molar-refractivity contribution in [3.8, 4) is 77.9 Å². The molecule has 0 N–H and O–H groups in total. The summed E-state index contributed by atoms with van der Waals surface area (Å²) in [5.41, 5.74) is 17.2. The van der Waals surface area contributed by atoms with Gasteiger partial charge >= 0.3 is 0 Å². The van der Waals surface area contributed by atoms with Gasteiger partial charge in [-0.1, -0.05) is 255 Å². The molecule has 0 aliphatic rings. The third-order valence-corrected chi connectivity index (χ3v) is 16.6. The Morgan fingerprint density at radius 3 is 0.947 bits per heavy atom. The fraction of sp³-hybridized carbons (Fsp3) is 0. The van der Waals surface area contributed by atoms with E-state index >= 15 is 0 Å². The van der Waals surface area contributed by atoms with Crippen LogP contribution >= 0.6 is 0 Å². The van der Waals surface area contributed by atoms with Gasteiger partial charge in [0.05, 0.1) is 0 Å². The van der Waals surface area contributed by atoms with Crippen LogP contribution in [0, 0.1) is 0 Å². The number of rotatable bonds is 7. The van der Waals surface area contributed by atoms with Crippen LogP contribution in [0.1, 0.15) is 0 Å². The molecule has 0 unspecified atom stereocenters. The van der Waals surface area contributed by atoms with Crippen molar-refractivity contribution >= 4 is 86.2 Å². The molecule has 0 atom stereocenters. The fourth-order valence-corrected chi connectivity index (χ4v) is 12.9. The summed E-state index contributed by atoms with van der Waals surface area (Å²) in [5.74, 6) is 0. The van der Waals surface area contributed by atoms with Crippen molar-refractivity contribution in [2.45, 2.75) is 0 Å². The van der Waals surface area contributed by atoms with Crippen LogP contribution in [0.15, 0.2) is 279 Å². The molecule has 0 fully saturated rings. The van der Waals surface area contributed by atoms with E-state index in [0.717, 1.165) is 0 Å². The van der Waals surface area contributed by atoms with Crippen LogP contribution in [0.3, 0.4) is 0 Å². The summed E-state index contributed by atoms with van der Waals surface area (Å²) < 4.78 is 0. The second kappa shape index (κ2) is 16.8. The van der Waals surface area contributed by atoms with E-state index in [4.69, 9.17) is 0 Å². The standard InChI is InChI=1S/C76H46/c1-2-11-55-43-59(26-25-47(55)9-1)58-15-7-18-62(46-58)66-37-28-52-31-39-69-64(35-27-51-32-40-70(66)74(52)73(51)69)60-16-5-13-56(44-60)48-21-23-49(24-22-48)57-14-6-17-61(45-57)65-36-29-53-34-42-72-68(38-30-54-33-41-71(65)75(53)76(54)72)67-20-8-12-50-10-3-4-19-63(50)67/h1-46H. The topological polar surface area (TPSA) is 0 Å². The Bertz CT molecular complexity index is 4970.